The molecule has 0 saturated carbocycles. The molecule has 1 heterocycles. The van der Waals surface area contributed by atoms with Crippen molar-refractivity contribution in [3.63, 3.8) is 0 Å². The fraction of sp³-hybridized carbons (Fsp3) is 0.400. The van der Waals surface area contributed by atoms with E-state index in [2.05, 4.69) is 32.9 Å². The van der Waals surface area contributed by atoms with E-state index in [-0.39, 0.29) is 5.41 Å². The Morgan fingerprint density at radius 2 is 2.00 bits per heavy atom. The van der Waals surface area contributed by atoms with Gasteiger partial charge in [-0.2, -0.15) is 5.10 Å². The lowest BCUT2D eigenvalue weighted by Crippen LogP contribution is -2.15. The third-order valence-corrected chi connectivity index (χ3v) is 4.00. The monoisotopic (exact) mass is 241 g/mol. The van der Waals surface area contributed by atoms with Gasteiger partial charge in [0.1, 0.15) is 5.82 Å². The first-order valence-electron chi connectivity index (χ1n) is 6.44. The van der Waals surface area contributed by atoms with Gasteiger partial charge in [-0.1, -0.05) is 32.0 Å². The first kappa shape index (κ1) is 11.3. The van der Waals surface area contributed by atoms with Crippen molar-refractivity contribution in [3.8, 4) is 5.69 Å². The van der Waals surface area contributed by atoms with Gasteiger partial charge in [0.25, 0.3) is 0 Å². The Labute approximate surface area is 108 Å². The zero-order chi connectivity index (χ0) is 12.9. The van der Waals surface area contributed by atoms with E-state index in [0.717, 1.165) is 24.3 Å². The molecule has 2 N–H and O–H groups in total. The molecule has 1 aromatic heterocycles. The van der Waals surface area contributed by atoms with Gasteiger partial charge in [0.05, 0.1) is 11.4 Å². The topological polar surface area (TPSA) is 43.8 Å². The van der Waals surface area contributed by atoms with Gasteiger partial charge in [-0.05, 0) is 36.8 Å². The Bertz CT molecular complexity index is 608. The number of benzene rings is 1. The number of aryl methyl sites for hydroxylation is 2. The third kappa shape index (κ3) is 1.47. The number of nitrogens with zero attached hydrogens (tertiary/aromatic N) is 2. The number of nitrogens with two attached hydrogens (primary N) is 1. The molecule has 0 radical (unpaired) electrons. The van der Waals surface area contributed by atoms with Crippen molar-refractivity contribution in [2.45, 2.75) is 39.0 Å². The van der Waals surface area contributed by atoms with Crippen LogP contribution in [-0.4, -0.2) is 9.78 Å². The summed E-state index contributed by atoms with van der Waals surface area (Å²) in [6, 6.07) is 8.23. The molecule has 94 valence electrons. The van der Waals surface area contributed by atoms with Crippen molar-refractivity contribution >= 4 is 5.82 Å². The van der Waals surface area contributed by atoms with Crippen LogP contribution in [-0.2, 0) is 11.8 Å². The lowest BCUT2D eigenvalue weighted by Gasteiger charge is -2.19. The van der Waals surface area contributed by atoms with Crippen LogP contribution >= 0.6 is 0 Å². The molecule has 0 bridgehead atoms. The summed E-state index contributed by atoms with van der Waals surface area (Å²) in [6.07, 6.45) is 2.18. The van der Waals surface area contributed by atoms with Crippen molar-refractivity contribution < 1.29 is 0 Å². The molecule has 0 spiro atoms. The largest absolute Gasteiger partial charge is 0.383 e. The molecule has 0 unspecified atom stereocenters. The number of para-hydroxylation sites is 1. The van der Waals surface area contributed by atoms with E-state index >= 15 is 0 Å². The number of hydrogen-bond acceptors (Lipinski definition) is 2. The zero-order valence-corrected chi connectivity index (χ0v) is 11.2. The highest BCUT2D eigenvalue weighted by Crippen LogP contribution is 2.42. The summed E-state index contributed by atoms with van der Waals surface area (Å²) in [5.41, 5.74) is 11.2. The Hall–Kier alpha value is -1.77. The molecule has 3 nitrogen and oxygen atoms in total. The summed E-state index contributed by atoms with van der Waals surface area (Å²) in [6.45, 7) is 6.59. The van der Waals surface area contributed by atoms with E-state index in [1.54, 1.807) is 0 Å². The van der Waals surface area contributed by atoms with Gasteiger partial charge in [-0.25, -0.2) is 4.68 Å². The maximum Gasteiger partial charge on any atom is 0.131 e. The Morgan fingerprint density at radius 3 is 2.67 bits per heavy atom. The molecule has 1 aliphatic rings. The van der Waals surface area contributed by atoms with Gasteiger partial charge in [0.2, 0.25) is 0 Å². The molecule has 2 aromatic rings. The standard InChI is InChI=1S/C15H19N3/c1-10-6-4-5-7-12(10)18-14(16)13-11(17-18)8-9-15(13,2)3/h4-7H,8-9,16H2,1-3H3. The first-order chi connectivity index (χ1) is 8.50. The molecule has 1 aliphatic carbocycles. The summed E-state index contributed by atoms with van der Waals surface area (Å²) in [5.74, 6) is 0.807. The minimum atomic E-state index is 0.153. The number of aromatic nitrogens is 2. The Kier molecular flexibility index (Phi) is 2.27. The average Bonchev–Trinajstić information content (AvgIpc) is 2.80. The lowest BCUT2D eigenvalue weighted by molar-refractivity contribution is 0.519. The predicted octanol–water partition coefficient (Wildman–Crippen LogP) is 2.99. The Morgan fingerprint density at radius 1 is 1.28 bits per heavy atom. The fourth-order valence-electron chi connectivity index (χ4n) is 2.93. The molecule has 0 atom stereocenters. The molecular weight excluding hydrogens is 222 g/mol. The van der Waals surface area contributed by atoms with E-state index in [1.165, 1.54) is 16.8 Å². The van der Waals surface area contributed by atoms with Crippen LogP contribution in [0.1, 0.15) is 37.1 Å². The summed E-state index contributed by atoms with van der Waals surface area (Å²) in [5, 5.41) is 4.71. The summed E-state index contributed by atoms with van der Waals surface area (Å²) in [7, 11) is 0. The second-order valence-corrected chi connectivity index (χ2v) is 5.79. The van der Waals surface area contributed by atoms with Gasteiger partial charge in [0, 0.05) is 5.56 Å². The maximum absolute atomic E-state index is 6.33. The van der Waals surface area contributed by atoms with Crippen molar-refractivity contribution in [1.29, 1.82) is 0 Å². The summed E-state index contributed by atoms with van der Waals surface area (Å²) in [4.78, 5) is 0. The normalized spacial score (nSPS) is 16.8. The summed E-state index contributed by atoms with van der Waals surface area (Å²) < 4.78 is 1.90. The van der Waals surface area contributed by atoms with Gasteiger partial charge in [0.15, 0.2) is 0 Å². The predicted molar refractivity (Wildman–Crippen MR) is 74.1 cm³/mol. The molecular formula is C15H19N3. The quantitative estimate of drug-likeness (QED) is 0.834. The van der Waals surface area contributed by atoms with Crippen LogP contribution in [0.4, 0.5) is 5.82 Å². The van der Waals surface area contributed by atoms with Gasteiger partial charge in [-0.3, -0.25) is 0 Å². The van der Waals surface area contributed by atoms with E-state index in [1.807, 2.05) is 16.8 Å². The Balaban J connectivity index is 2.20. The molecule has 0 fully saturated rings. The zero-order valence-electron chi connectivity index (χ0n) is 11.2. The SMILES string of the molecule is Cc1ccccc1-n1nc2c(c1N)C(C)(C)CC2. The average molecular weight is 241 g/mol. The fourth-order valence-corrected chi connectivity index (χ4v) is 2.93. The second kappa shape index (κ2) is 3.61. The highest BCUT2D eigenvalue weighted by atomic mass is 15.3. The van der Waals surface area contributed by atoms with Gasteiger partial charge >= 0.3 is 0 Å². The smallest absolute Gasteiger partial charge is 0.131 e. The van der Waals surface area contributed by atoms with Crippen LogP contribution in [0.5, 0.6) is 0 Å². The minimum Gasteiger partial charge on any atom is -0.383 e. The van der Waals surface area contributed by atoms with Crippen LogP contribution in [0.3, 0.4) is 0 Å². The number of nitrogen functional groups attached to an aromatic ring is 1. The van der Waals surface area contributed by atoms with Crippen LogP contribution in [0.15, 0.2) is 24.3 Å². The lowest BCUT2D eigenvalue weighted by atomic mass is 9.87. The number of fused-ring (bicyclic) bond motifs is 1. The summed E-state index contributed by atoms with van der Waals surface area (Å²) >= 11 is 0. The molecule has 0 amide bonds. The highest BCUT2D eigenvalue weighted by Gasteiger charge is 2.36. The van der Waals surface area contributed by atoms with Crippen molar-refractivity contribution in [3.05, 3.63) is 41.1 Å². The van der Waals surface area contributed by atoms with Crippen LogP contribution < -0.4 is 5.73 Å². The van der Waals surface area contributed by atoms with Crippen LogP contribution in [0, 0.1) is 6.92 Å². The molecule has 18 heavy (non-hydrogen) atoms. The molecule has 3 rings (SSSR count). The second-order valence-electron chi connectivity index (χ2n) is 5.79. The molecule has 1 aromatic carbocycles. The molecule has 0 aliphatic heterocycles. The van der Waals surface area contributed by atoms with E-state index < -0.39 is 0 Å². The highest BCUT2D eigenvalue weighted by molar-refractivity contribution is 5.56. The van der Waals surface area contributed by atoms with Crippen molar-refractivity contribution in [2.24, 2.45) is 0 Å². The minimum absolute atomic E-state index is 0.153. The van der Waals surface area contributed by atoms with E-state index in [9.17, 15) is 0 Å². The van der Waals surface area contributed by atoms with E-state index in [0.29, 0.717) is 0 Å². The number of anilines is 1. The van der Waals surface area contributed by atoms with Gasteiger partial charge in [-0.15, -0.1) is 0 Å². The van der Waals surface area contributed by atoms with Crippen LogP contribution in [0.2, 0.25) is 0 Å². The third-order valence-electron chi connectivity index (χ3n) is 4.00. The van der Waals surface area contributed by atoms with Crippen molar-refractivity contribution in [2.75, 3.05) is 5.73 Å². The van der Waals surface area contributed by atoms with E-state index in [4.69, 9.17) is 10.8 Å². The number of rotatable bonds is 1. The van der Waals surface area contributed by atoms with Crippen molar-refractivity contribution in [1.82, 2.24) is 9.78 Å². The van der Waals surface area contributed by atoms with Crippen LogP contribution in [0.25, 0.3) is 5.69 Å². The maximum atomic E-state index is 6.33. The number of hydrogen-bond donors (Lipinski definition) is 1. The first-order valence-corrected chi connectivity index (χ1v) is 6.44. The van der Waals surface area contributed by atoms with Gasteiger partial charge < -0.3 is 5.73 Å². The molecule has 3 heteroatoms. The molecule has 0 saturated heterocycles.